The van der Waals surface area contributed by atoms with Crippen LogP contribution in [-0.2, 0) is 9.63 Å². The highest BCUT2D eigenvalue weighted by Gasteiger charge is 1.94. The Morgan fingerprint density at radius 1 is 1.47 bits per heavy atom. The molecule has 0 aliphatic carbocycles. The molecule has 0 unspecified atom stereocenters. The van der Waals surface area contributed by atoms with Crippen LogP contribution in [0.5, 0.6) is 5.75 Å². The van der Waals surface area contributed by atoms with E-state index in [1.807, 2.05) is 0 Å². The Kier molecular flexibility index (Phi) is 4.15. The first kappa shape index (κ1) is 11.0. The van der Waals surface area contributed by atoms with Gasteiger partial charge in [0, 0.05) is 0 Å². The van der Waals surface area contributed by atoms with Crippen molar-refractivity contribution in [2.24, 2.45) is 5.16 Å². The number of hydrogen-bond donors (Lipinski definition) is 1. The second-order valence-corrected chi connectivity index (χ2v) is 2.67. The predicted molar refractivity (Wildman–Crippen MR) is 54.2 cm³/mol. The van der Waals surface area contributed by atoms with E-state index in [1.54, 1.807) is 31.4 Å². The van der Waals surface area contributed by atoms with Crippen molar-refractivity contribution in [2.75, 3.05) is 13.7 Å². The Balaban J connectivity index is 2.46. The minimum atomic E-state index is -1.05. The van der Waals surface area contributed by atoms with Gasteiger partial charge in [0.15, 0.2) is 0 Å². The molecule has 80 valence electrons. The standard InChI is InChI=1S/C10H11NO4/c1-14-9-4-2-8(3-5-9)6-11-15-7-10(12)13/h2-6H,7H2,1H3,(H,12,13)/b11-6-. The van der Waals surface area contributed by atoms with Crippen LogP contribution in [0.1, 0.15) is 5.56 Å². The summed E-state index contributed by atoms with van der Waals surface area (Å²) in [4.78, 5) is 14.6. The van der Waals surface area contributed by atoms with Crippen molar-refractivity contribution in [2.45, 2.75) is 0 Å². The molecule has 0 spiro atoms. The second kappa shape index (κ2) is 5.64. The first-order valence-electron chi connectivity index (χ1n) is 4.23. The quantitative estimate of drug-likeness (QED) is 0.583. The zero-order valence-corrected chi connectivity index (χ0v) is 8.21. The Morgan fingerprint density at radius 2 is 2.13 bits per heavy atom. The lowest BCUT2D eigenvalue weighted by atomic mass is 10.2. The molecule has 0 heterocycles. The highest BCUT2D eigenvalue weighted by Crippen LogP contribution is 2.09. The Bertz CT molecular complexity index is 345. The summed E-state index contributed by atoms with van der Waals surface area (Å²) in [6, 6.07) is 7.12. The topological polar surface area (TPSA) is 68.1 Å². The van der Waals surface area contributed by atoms with Gasteiger partial charge in [0.25, 0.3) is 0 Å². The van der Waals surface area contributed by atoms with E-state index in [1.165, 1.54) is 6.21 Å². The van der Waals surface area contributed by atoms with Gasteiger partial charge in [-0.05, 0) is 29.8 Å². The minimum absolute atomic E-state index is 0.438. The Labute approximate surface area is 86.9 Å². The van der Waals surface area contributed by atoms with Gasteiger partial charge in [-0.25, -0.2) is 4.79 Å². The van der Waals surface area contributed by atoms with E-state index in [9.17, 15) is 4.79 Å². The molecule has 0 atom stereocenters. The average Bonchev–Trinajstić information content (AvgIpc) is 2.25. The zero-order chi connectivity index (χ0) is 11.1. The van der Waals surface area contributed by atoms with E-state index < -0.39 is 12.6 Å². The van der Waals surface area contributed by atoms with E-state index in [0.29, 0.717) is 0 Å². The van der Waals surface area contributed by atoms with Crippen LogP contribution in [0.2, 0.25) is 0 Å². The fourth-order valence-electron chi connectivity index (χ4n) is 0.881. The largest absolute Gasteiger partial charge is 0.497 e. The minimum Gasteiger partial charge on any atom is -0.497 e. The molecule has 5 nitrogen and oxygen atoms in total. The van der Waals surface area contributed by atoms with Gasteiger partial charge in [-0.1, -0.05) is 5.16 Å². The molecule has 1 N–H and O–H groups in total. The Hall–Kier alpha value is -2.04. The molecule has 0 aliphatic heterocycles. The summed E-state index contributed by atoms with van der Waals surface area (Å²) in [5.74, 6) is -0.305. The fraction of sp³-hybridized carbons (Fsp3) is 0.200. The zero-order valence-electron chi connectivity index (χ0n) is 8.21. The van der Waals surface area contributed by atoms with Gasteiger partial charge in [0.2, 0.25) is 6.61 Å². The number of oxime groups is 1. The maximum Gasteiger partial charge on any atom is 0.344 e. The SMILES string of the molecule is COc1ccc(/C=N\OCC(=O)O)cc1. The number of carbonyl (C=O) groups is 1. The van der Waals surface area contributed by atoms with E-state index in [4.69, 9.17) is 9.84 Å². The number of aliphatic carboxylic acids is 1. The van der Waals surface area contributed by atoms with Gasteiger partial charge in [0.1, 0.15) is 5.75 Å². The van der Waals surface area contributed by atoms with Crippen molar-refractivity contribution in [3.63, 3.8) is 0 Å². The van der Waals surface area contributed by atoms with Crippen molar-refractivity contribution >= 4 is 12.2 Å². The number of rotatable bonds is 5. The van der Waals surface area contributed by atoms with E-state index in [0.717, 1.165) is 11.3 Å². The van der Waals surface area contributed by atoms with Gasteiger partial charge >= 0.3 is 5.97 Å². The number of benzene rings is 1. The van der Waals surface area contributed by atoms with Gasteiger partial charge in [0.05, 0.1) is 13.3 Å². The third kappa shape index (κ3) is 4.12. The van der Waals surface area contributed by atoms with Crippen molar-refractivity contribution in [3.05, 3.63) is 29.8 Å². The molecule has 0 bridgehead atoms. The van der Waals surface area contributed by atoms with Crippen LogP contribution in [0.15, 0.2) is 29.4 Å². The third-order valence-corrected chi connectivity index (χ3v) is 1.58. The highest BCUT2D eigenvalue weighted by atomic mass is 16.6. The lowest BCUT2D eigenvalue weighted by Crippen LogP contribution is -2.03. The third-order valence-electron chi connectivity index (χ3n) is 1.58. The summed E-state index contributed by atoms with van der Waals surface area (Å²) in [6.07, 6.45) is 1.43. The molecule has 0 saturated heterocycles. The van der Waals surface area contributed by atoms with Crippen molar-refractivity contribution in [1.82, 2.24) is 0 Å². The predicted octanol–water partition coefficient (Wildman–Crippen LogP) is 1.13. The van der Waals surface area contributed by atoms with Crippen molar-refractivity contribution < 1.29 is 19.5 Å². The number of ether oxygens (including phenoxy) is 1. The summed E-state index contributed by atoms with van der Waals surface area (Å²) in [7, 11) is 1.58. The molecule has 1 aromatic rings. The van der Waals surface area contributed by atoms with Crippen LogP contribution >= 0.6 is 0 Å². The average molecular weight is 209 g/mol. The van der Waals surface area contributed by atoms with Gasteiger partial charge in [-0.3, -0.25) is 0 Å². The van der Waals surface area contributed by atoms with Crippen LogP contribution < -0.4 is 4.74 Å². The summed E-state index contributed by atoms with van der Waals surface area (Å²) in [5.41, 5.74) is 0.807. The maximum absolute atomic E-state index is 10.1. The molecule has 0 amide bonds. The van der Waals surface area contributed by atoms with Crippen LogP contribution in [0.3, 0.4) is 0 Å². The summed E-state index contributed by atoms with van der Waals surface area (Å²) < 4.78 is 4.97. The van der Waals surface area contributed by atoms with Gasteiger partial charge in [-0.2, -0.15) is 0 Å². The van der Waals surface area contributed by atoms with E-state index in [2.05, 4.69) is 9.99 Å². The molecule has 0 saturated carbocycles. The fourth-order valence-corrected chi connectivity index (χ4v) is 0.881. The lowest BCUT2D eigenvalue weighted by Gasteiger charge is -1.98. The first-order chi connectivity index (χ1) is 7.22. The molecule has 0 radical (unpaired) electrons. The molecule has 5 heteroatoms. The molecular weight excluding hydrogens is 198 g/mol. The van der Waals surface area contributed by atoms with E-state index in [-0.39, 0.29) is 0 Å². The molecule has 0 fully saturated rings. The Morgan fingerprint density at radius 3 is 2.67 bits per heavy atom. The molecule has 1 rings (SSSR count). The smallest absolute Gasteiger partial charge is 0.344 e. The van der Waals surface area contributed by atoms with Crippen LogP contribution in [0.25, 0.3) is 0 Å². The monoisotopic (exact) mass is 209 g/mol. The molecule has 1 aromatic carbocycles. The summed E-state index contributed by atoms with van der Waals surface area (Å²) in [6.45, 7) is -0.438. The molecule has 0 aliphatic rings. The summed E-state index contributed by atoms with van der Waals surface area (Å²) in [5, 5.41) is 11.8. The maximum atomic E-state index is 10.1. The van der Waals surface area contributed by atoms with Crippen LogP contribution in [0.4, 0.5) is 0 Å². The number of methoxy groups -OCH3 is 1. The number of nitrogens with zero attached hydrogens (tertiary/aromatic N) is 1. The summed E-state index contributed by atoms with van der Waals surface area (Å²) >= 11 is 0. The number of carboxylic acids is 1. The molecular formula is C10H11NO4. The number of hydrogen-bond acceptors (Lipinski definition) is 4. The second-order valence-electron chi connectivity index (χ2n) is 2.67. The van der Waals surface area contributed by atoms with Gasteiger partial charge < -0.3 is 14.7 Å². The number of carboxylic acid groups (broad SMARTS) is 1. The van der Waals surface area contributed by atoms with Crippen LogP contribution in [-0.4, -0.2) is 31.0 Å². The first-order valence-corrected chi connectivity index (χ1v) is 4.23. The van der Waals surface area contributed by atoms with Crippen molar-refractivity contribution in [3.8, 4) is 5.75 Å². The molecule has 0 aromatic heterocycles. The molecule has 15 heavy (non-hydrogen) atoms. The lowest BCUT2D eigenvalue weighted by molar-refractivity contribution is -0.142. The highest BCUT2D eigenvalue weighted by molar-refractivity contribution is 5.79. The normalized spacial score (nSPS) is 10.2. The van der Waals surface area contributed by atoms with Crippen LogP contribution in [0, 0.1) is 0 Å². The van der Waals surface area contributed by atoms with E-state index >= 15 is 0 Å². The van der Waals surface area contributed by atoms with Gasteiger partial charge in [-0.15, -0.1) is 0 Å². The van der Waals surface area contributed by atoms with Crippen molar-refractivity contribution in [1.29, 1.82) is 0 Å².